The van der Waals surface area contributed by atoms with Gasteiger partial charge in [-0.3, -0.25) is 4.79 Å². The molecule has 0 aliphatic heterocycles. The summed E-state index contributed by atoms with van der Waals surface area (Å²) in [5, 5.41) is 9.25. The van der Waals surface area contributed by atoms with Gasteiger partial charge in [0, 0.05) is 6.42 Å². The van der Waals surface area contributed by atoms with E-state index >= 15 is 0 Å². The van der Waals surface area contributed by atoms with Gasteiger partial charge in [0.1, 0.15) is 0 Å². The van der Waals surface area contributed by atoms with Gasteiger partial charge in [0.15, 0.2) is 5.78 Å². The molecular formula is C16H14O2. The van der Waals surface area contributed by atoms with E-state index in [-0.39, 0.29) is 5.78 Å². The van der Waals surface area contributed by atoms with Crippen molar-refractivity contribution in [2.75, 3.05) is 0 Å². The third-order valence-corrected chi connectivity index (χ3v) is 2.72. The lowest BCUT2D eigenvalue weighted by Crippen LogP contribution is -2.05. The second kappa shape index (κ2) is 5.82. The second-order valence-corrected chi connectivity index (χ2v) is 3.99. The monoisotopic (exact) mass is 238 g/mol. The first-order valence-corrected chi connectivity index (χ1v) is 5.78. The number of ketones is 1. The number of hydrogen-bond donors (Lipinski definition) is 1. The molecule has 2 heteroatoms. The van der Waals surface area contributed by atoms with Crippen LogP contribution in [0.3, 0.4) is 0 Å². The van der Waals surface area contributed by atoms with Crippen molar-refractivity contribution in [1.82, 2.24) is 0 Å². The number of allylic oxidation sites excluding steroid dienone is 1. The zero-order chi connectivity index (χ0) is 12.8. The zero-order valence-corrected chi connectivity index (χ0v) is 9.91. The van der Waals surface area contributed by atoms with Crippen LogP contribution in [0.25, 0.3) is 5.57 Å². The van der Waals surface area contributed by atoms with Gasteiger partial charge in [-0.2, -0.15) is 0 Å². The van der Waals surface area contributed by atoms with E-state index in [0.717, 1.165) is 17.4 Å². The van der Waals surface area contributed by atoms with Crippen molar-refractivity contribution in [1.29, 1.82) is 0 Å². The molecule has 0 aliphatic rings. The molecule has 0 saturated heterocycles. The molecule has 0 unspecified atom stereocenters. The first kappa shape index (κ1) is 12.1. The van der Waals surface area contributed by atoms with Crippen LogP contribution >= 0.6 is 0 Å². The normalized spacial score (nSPS) is 11.2. The van der Waals surface area contributed by atoms with Gasteiger partial charge < -0.3 is 5.11 Å². The summed E-state index contributed by atoms with van der Waals surface area (Å²) in [4.78, 5) is 12.1. The van der Waals surface area contributed by atoms with Crippen LogP contribution in [0, 0.1) is 0 Å². The Hall–Kier alpha value is -2.35. The maximum atomic E-state index is 12.1. The van der Waals surface area contributed by atoms with Gasteiger partial charge >= 0.3 is 0 Å². The van der Waals surface area contributed by atoms with E-state index in [1.807, 2.05) is 60.7 Å². The number of aliphatic hydroxyl groups excluding tert-OH is 1. The fourth-order valence-corrected chi connectivity index (χ4v) is 1.80. The highest BCUT2D eigenvalue weighted by atomic mass is 16.2. The summed E-state index contributed by atoms with van der Waals surface area (Å²) in [5.74, 6) is -0.0881. The molecule has 2 aromatic carbocycles. The van der Waals surface area contributed by atoms with Crippen molar-refractivity contribution < 1.29 is 9.90 Å². The Morgan fingerprint density at radius 3 is 2.06 bits per heavy atom. The molecule has 2 aromatic rings. The number of aliphatic hydroxyl groups is 1. The lowest BCUT2D eigenvalue weighted by atomic mass is 9.98. The molecule has 18 heavy (non-hydrogen) atoms. The summed E-state index contributed by atoms with van der Waals surface area (Å²) in [6.45, 7) is 0. The maximum absolute atomic E-state index is 12.1. The Morgan fingerprint density at radius 2 is 1.50 bits per heavy atom. The molecule has 0 aliphatic carbocycles. The van der Waals surface area contributed by atoms with Gasteiger partial charge in [-0.15, -0.1) is 0 Å². The van der Waals surface area contributed by atoms with Gasteiger partial charge in [0.2, 0.25) is 0 Å². The molecule has 2 nitrogen and oxygen atoms in total. The van der Waals surface area contributed by atoms with E-state index < -0.39 is 0 Å². The van der Waals surface area contributed by atoms with Crippen molar-refractivity contribution >= 4 is 11.4 Å². The van der Waals surface area contributed by atoms with E-state index in [9.17, 15) is 9.90 Å². The molecule has 0 fully saturated rings. The summed E-state index contributed by atoms with van der Waals surface area (Å²) in [6, 6.07) is 18.7. The van der Waals surface area contributed by atoms with Crippen LogP contribution in [0.15, 0.2) is 66.9 Å². The Kier molecular flexibility index (Phi) is 3.92. The third-order valence-electron chi connectivity index (χ3n) is 2.72. The van der Waals surface area contributed by atoms with E-state index in [0.29, 0.717) is 12.0 Å². The highest BCUT2D eigenvalue weighted by Crippen LogP contribution is 2.16. The number of carbonyl (C=O) groups is 1. The van der Waals surface area contributed by atoms with Crippen LogP contribution in [0.2, 0.25) is 0 Å². The molecule has 0 aromatic heterocycles. The predicted octanol–water partition coefficient (Wildman–Crippen LogP) is 3.40. The average molecular weight is 238 g/mol. The minimum absolute atomic E-state index is 0.0881. The number of hydrogen-bond acceptors (Lipinski definition) is 2. The highest BCUT2D eigenvalue weighted by molar-refractivity contribution is 6.21. The Bertz CT molecular complexity index is 542. The van der Waals surface area contributed by atoms with Crippen LogP contribution in [0.5, 0.6) is 0 Å². The first-order valence-electron chi connectivity index (χ1n) is 5.78. The maximum Gasteiger partial charge on any atom is 0.170 e. The predicted molar refractivity (Wildman–Crippen MR) is 72.2 cm³/mol. The van der Waals surface area contributed by atoms with Crippen LogP contribution in [-0.2, 0) is 11.2 Å². The number of Topliss-reactive ketones (excluding diaryl/α,β-unsaturated/α-hetero) is 1. The van der Waals surface area contributed by atoms with Crippen molar-refractivity contribution in [3.05, 3.63) is 78.1 Å². The van der Waals surface area contributed by atoms with Crippen LogP contribution in [0.4, 0.5) is 0 Å². The summed E-state index contributed by atoms with van der Waals surface area (Å²) in [6.07, 6.45) is 1.18. The van der Waals surface area contributed by atoms with Gasteiger partial charge in [-0.05, 0) is 11.1 Å². The highest BCUT2D eigenvalue weighted by Gasteiger charge is 2.12. The molecule has 0 bridgehead atoms. The Morgan fingerprint density at radius 1 is 0.944 bits per heavy atom. The van der Waals surface area contributed by atoms with Gasteiger partial charge in [-0.1, -0.05) is 60.7 Å². The molecule has 90 valence electrons. The van der Waals surface area contributed by atoms with Crippen molar-refractivity contribution in [3.8, 4) is 0 Å². The summed E-state index contributed by atoms with van der Waals surface area (Å²) >= 11 is 0. The lowest BCUT2D eigenvalue weighted by molar-refractivity contribution is -0.113. The topological polar surface area (TPSA) is 37.3 Å². The Balaban J connectivity index is 2.18. The molecule has 0 radical (unpaired) electrons. The molecule has 0 heterocycles. The van der Waals surface area contributed by atoms with Crippen molar-refractivity contribution in [2.45, 2.75) is 6.42 Å². The average Bonchev–Trinajstić information content (AvgIpc) is 2.42. The zero-order valence-electron chi connectivity index (χ0n) is 9.91. The molecule has 0 spiro atoms. The van der Waals surface area contributed by atoms with Gasteiger partial charge in [0.05, 0.1) is 11.8 Å². The minimum Gasteiger partial charge on any atom is -0.515 e. The van der Waals surface area contributed by atoms with E-state index in [1.54, 1.807) is 0 Å². The summed E-state index contributed by atoms with van der Waals surface area (Å²) in [7, 11) is 0. The third kappa shape index (κ3) is 2.86. The fourth-order valence-electron chi connectivity index (χ4n) is 1.80. The van der Waals surface area contributed by atoms with Crippen LogP contribution < -0.4 is 0 Å². The minimum atomic E-state index is -0.0881. The van der Waals surface area contributed by atoms with Crippen LogP contribution in [0.1, 0.15) is 11.1 Å². The standard InChI is InChI=1S/C16H14O2/c17-12-15(14-9-5-2-6-10-14)16(18)11-13-7-3-1-4-8-13/h1-10,12,17H,11H2. The van der Waals surface area contributed by atoms with Gasteiger partial charge in [0.25, 0.3) is 0 Å². The molecule has 0 saturated carbocycles. The number of carbonyl (C=O) groups excluding carboxylic acids is 1. The fraction of sp³-hybridized carbons (Fsp3) is 0.0625. The van der Waals surface area contributed by atoms with Crippen LogP contribution in [-0.4, -0.2) is 10.9 Å². The van der Waals surface area contributed by atoms with E-state index in [1.165, 1.54) is 0 Å². The largest absolute Gasteiger partial charge is 0.515 e. The van der Waals surface area contributed by atoms with Crippen molar-refractivity contribution in [3.63, 3.8) is 0 Å². The summed E-state index contributed by atoms with van der Waals surface area (Å²) < 4.78 is 0. The lowest BCUT2D eigenvalue weighted by Gasteiger charge is -2.05. The molecule has 0 atom stereocenters. The van der Waals surface area contributed by atoms with Crippen molar-refractivity contribution in [2.24, 2.45) is 0 Å². The van der Waals surface area contributed by atoms with E-state index in [2.05, 4.69) is 0 Å². The molecular weight excluding hydrogens is 224 g/mol. The van der Waals surface area contributed by atoms with Gasteiger partial charge in [-0.25, -0.2) is 0 Å². The smallest absolute Gasteiger partial charge is 0.170 e. The second-order valence-electron chi connectivity index (χ2n) is 3.99. The number of benzene rings is 2. The molecule has 1 N–H and O–H groups in total. The first-order chi connectivity index (χ1) is 8.81. The SMILES string of the molecule is O=C(Cc1ccccc1)C(=CO)c1ccccc1. The molecule has 2 rings (SSSR count). The Labute approximate surface area is 106 Å². The van der Waals surface area contributed by atoms with E-state index in [4.69, 9.17) is 0 Å². The number of rotatable bonds is 4. The quantitative estimate of drug-likeness (QED) is 0.654. The molecule has 0 amide bonds. The summed E-state index contributed by atoms with van der Waals surface area (Å²) in [5.41, 5.74) is 2.03.